The van der Waals surface area contributed by atoms with E-state index in [0.29, 0.717) is 5.69 Å². The first kappa shape index (κ1) is 15.9. The zero-order valence-corrected chi connectivity index (χ0v) is 13.8. The molecule has 6 heteroatoms. The summed E-state index contributed by atoms with van der Waals surface area (Å²) < 4.78 is 5.79. The minimum absolute atomic E-state index is 0.189. The summed E-state index contributed by atoms with van der Waals surface area (Å²) in [6.45, 7) is 1.93. The minimum Gasteiger partial charge on any atom is -0.457 e. The van der Waals surface area contributed by atoms with E-state index in [1.807, 2.05) is 25.1 Å². The van der Waals surface area contributed by atoms with Gasteiger partial charge in [0.25, 0.3) is 0 Å². The molecule has 3 aromatic rings. The first-order valence-corrected chi connectivity index (χ1v) is 8.15. The molecule has 0 bridgehead atoms. The highest BCUT2D eigenvalue weighted by Gasteiger charge is 2.04. The van der Waals surface area contributed by atoms with Gasteiger partial charge in [-0.25, -0.2) is 0 Å². The van der Waals surface area contributed by atoms with E-state index < -0.39 is 0 Å². The molecule has 5 nitrogen and oxygen atoms in total. The number of amides is 1. The Morgan fingerprint density at radius 2 is 2.04 bits per heavy atom. The van der Waals surface area contributed by atoms with Crippen molar-refractivity contribution < 1.29 is 9.53 Å². The van der Waals surface area contributed by atoms with Crippen LogP contribution in [0.1, 0.15) is 10.4 Å². The van der Waals surface area contributed by atoms with Crippen molar-refractivity contribution in [2.75, 3.05) is 5.32 Å². The number of carbonyl (C=O) groups is 1. The molecular weight excluding hydrogens is 322 g/mol. The van der Waals surface area contributed by atoms with E-state index in [0.717, 1.165) is 21.9 Å². The molecule has 2 heterocycles. The zero-order valence-electron chi connectivity index (χ0n) is 13.0. The van der Waals surface area contributed by atoms with Gasteiger partial charge < -0.3 is 10.1 Å². The number of rotatable bonds is 5. The number of aryl methyl sites for hydroxylation is 1. The second kappa shape index (κ2) is 7.52. The Labute approximate surface area is 143 Å². The molecule has 24 heavy (non-hydrogen) atoms. The molecule has 0 aliphatic carbocycles. The predicted molar refractivity (Wildman–Crippen MR) is 95.3 cm³/mol. The lowest BCUT2D eigenvalue weighted by Gasteiger charge is -2.10. The average molecular weight is 337 g/mol. The van der Waals surface area contributed by atoms with Crippen molar-refractivity contribution >= 4 is 29.0 Å². The summed E-state index contributed by atoms with van der Waals surface area (Å²) in [6.07, 6.45) is 8.29. The highest BCUT2D eigenvalue weighted by atomic mass is 32.1. The molecule has 0 aliphatic rings. The van der Waals surface area contributed by atoms with Crippen LogP contribution in [0.15, 0.2) is 60.5 Å². The van der Waals surface area contributed by atoms with Crippen molar-refractivity contribution in [2.24, 2.45) is 0 Å². The fraction of sp³-hybridized carbons (Fsp3) is 0.0556. The number of aromatic nitrogens is 2. The summed E-state index contributed by atoms with van der Waals surface area (Å²) in [7, 11) is 0. The third-order valence-electron chi connectivity index (χ3n) is 3.17. The first-order valence-electron chi connectivity index (χ1n) is 7.27. The molecule has 1 N–H and O–H groups in total. The standard InChI is InChI=1S/C18H15N3O2S/c1-13-10-14(21-18(22)5-3-16-11-20-12-24-16)2-4-17(13)23-15-6-8-19-9-7-15/h2-12H,1H3,(H,21,22)/b5-3+. The number of nitrogens with zero attached hydrogens (tertiary/aromatic N) is 2. The van der Waals surface area contributed by atoms with Crippen LogP contribution in [-0.2, 0) is 4.79 Å². The van der Waals surface area contributed by atoms with Crippen molar-refractivity contribution in [1.82, 2.24) is 9.97 Å². The maximum atomic E-state index is 11.9. The molecule has 0 atom stereocenters. The maximum Gasteiger partial charge on any atom is 0.248 e. The van der Waals surface area contributed by atoms with Gasteiger partial charge in [0.05, 0.1) is 5.51 Å². The van der Waals surface area contributed by atoms with Gasteiger partial charge in [-0.3, -0.25) is 14.8 Å². The normalized spacial score (nSPS) is 10.7. The Morgan fingerprint density at radius 3 is 2.75 bits per heavy atom. The summed E-state index contributed by atoms with van der Waals surface area (Å²) in [4.78, 5) is 20.8. The smallest absolute Gasteiger partial charge is 0.248 e. The Morgan fingerprint density at radius 1 is 1.21 bits per heavy atom. The lowest BCUT2D eigenvalue weighted by molar-refractivity contribution is -0.111. The Balaban J connectivity index is 1.65. The lowest BCUT2D eigenvalue weighted by Crippen LogP contribution is -2.07. The number of hydrogen-bond donors (Lipinski definition) is 1. The molecule has 1 amide bonds. The number of anilines is 1. The average Bonchev–Trinajstić information content (AvgIpc) is 3.10. The van der Waals surface area contributed by atoms with Crippen molar-refractivity contribution in [3.63, 3.8) is 0 Å². The number of carbonyl (C=O) groups excluding carboxylic acids is 1. The molecule has 0 spiro atoms. The van der Waals surface area contributed by atoms with E-state index in [9.17, 15) is 4.79 Å². The molecule has 3 rings (SSSR count). The molecule has 2 aromatic heterocycles. The third-order valence-corrected chi connectivity index (χ3v) is 3.91. The largest absolute Gasteiger partial charge is 0.457 e. The van der Waals surface area contributed by atoms with Crippen molar-refractivity contribution in [2.45, 2.75) is 6.92 Å². The van der Waals surface area contributed by atoms with Crippen LogP contribution in [-0.4, -0.2) is 15.9 Å². The fourth-order valence-electron chi connectivity index (χ4n) is 2.02. The number of benzene rings is 1. The van der Waals surface area contributed by atoms with Crippen LogP contribution < -0.4 is 10.1 Å². The number of ether oxygens (including phenoxy) is 1. The van der Waals surface area contributed by atoms with Crippen molar-refractivity contribution in [3.8, 4) is 11.5 Å². The molecule has 0 saturated carbocycles. The van der Waals surface area contributed by atoms with Gasteiger partial charge in [-0.1, -0.05) is 0 Å². The van der Waals surface area contributed by atoms with Crippen LogP contribution in [0.25, 0.3) is 6.08 Å². The van der Waals surface area contributed by atoms with Crippen LogP contribution in [0.4, 0.5) is 5.69 Å². The Kier molecular flexibility index (Phi) is 4.98. The molecule has 0 radical (unpaired) electrons. The van der Waals surface area contributed by atoms with Gasteiger partial charge >= 0.3 is 0 Å². The molecule has 0 saturated heterocycles. The van der Waals surface area contributed by atoms with Crippen molar-refractivity contribution in [1.29, 1.82) is 0 Å². The van der Waals surface area contributed by atoms with Gasteiger partial charge in [0.2, 0.25) is 5.91 Å². The zero-order chi connectivity index (χ0) is 16.8. The number of pyridine rings is 1. The van der Waals surface area contributed by atoms with Gasteiger partial charge in [0.15, 0.2) is 0 Å². The highest BCUT2D eigenvalue weighted by molar-refractivity contribution is 7.10. The van der Waals surface area contributed by atoms with Crippen molar-refractivity contribution in [3.05, 3.63) is 70.9 Å². The van der Waals surface area contributed by atoms with E-state index in [-0.39, 0.29) is 5.91 Å². The minimum atomic E-state index is -0.189. The predicted octanol–water partition coefficient (Wildman–Crippen LogP) is 4.29. The summed E-state index contributed by atoms with van der Waals surface area (Å²) in [5.41, 5.74) is 3.37. The van der Waals surface area contributed by atoms with Crippen LogP contribution in [0.2, 0.25) is 0 Å². The van der Waals surface area contributed by atoms with Gasteiger partial charge in [0, 0.05) is 35.2 Å². The van der Waals surface area contributed by atoms with Gasteiger partial charge in [-0.15, -0.1) is 11.3 Å². The molecular formula is C18H15N3O2S. The monoisotopic (exact) mass is 337 g/mol. The number of nitrogens with one attached hydrogen (secondary N) is 1. The number of thiazole rings is 1. The summed E-state index contributed by atoms with van der Waals surface area (Å²) in [5, 5.41) is 2.83. The van der Waals surface area contributed by atoms with Gasteiger partial charge in [-0.2, -0.15) is 0 Å². The first-order chi connectivity index (χ1) is 11.7. The number of hydrogen-bond acceptors (Lipinski definition) is 5. The van der Waals surface area contributed by atoms with E-state index in [4.69, 9.17) is 4.74 Å². The summed E-state index contributed by atoms with van der Waals surface area (Å²) >= 11 is 1.48. The molecule has 0 unspecified atom stereocenters. The summed E-state index contributed by atoms with van der Waals surface area (Å²) in [5.74, 6) is 1.27. The summed E-state index contributed by atoms with van der Waals surface area (Å²) in [6, 6.07) is 9.09. The second-order valence-electron chi connectivity index (χ2n) is 4.99. The van der Waals surface area contributed by atoms with Crippen LogP contribution in [0.3, 0.4) is 0 Å². The maximum absolute atomic E-state index is 11.9. The van der Waals surface area contributed by atoms with E-state index >= 15 is 0 Å². The Hall–Kier alpha value is -2.99. The van der Waals surface area contributed by atoms with E-state index in [2.05, 4.69) is 15.3 Å². The van der Waals surface area contributed by atoms with Crippen LogP contribution in [0.5, 0.6) is 11.5 Å². The van der Waals surface area contributed by atoms with Gasteiger partial charge in [-0.05, 0) is 48.9 Å². The topological polar surface area (TPSA) is 64.1 Å². The quantitative estimate of drug-likeness (QED) is 0.705. The Bertz CT molecular complexity index is 846. The molecule has 0 fully saturated rings. The van der Waals surface area contributed by atoms with E-state index in [1.54, 1.807) is 42.3 Å². The fourth-order valence-corrected chi connectivity index (χ4v) is 2.54. The van der Waals surface area contributed by atoms with E-state index in [1.165, 1.54) is 17.4 Å². The third kappa shape index (κ3) is 4.27. The van der Waals surface area contributed by atoms with Crippen LogP contribution in [0, 0.1) is 6.92 Å². The van der Waals surface area contributed by atoms with Gasteiger partial charge in [0.1, 0.15) is 11.5 Å². The lowest BCUT2D eigenvalue weighted by atomic mass is 10.2. The SMILES string of the molecule is Cc1cc(NC(=O)/C=C/c2cncs2)ccc1Oc1ccncc1. The molecule has 120 valence electrons. The molecule has 1 aromatic carbocycles. The van der Waals surface area contributed by atoms with Crippen LogP contribution >= 0.6 is 11.3 Å². The highest BCUT2D eigenvalue weighted by Crippen LogP contribution is 2.26. The second-order valence-corrected chi connectivity index (χ2v) is 5.91. The molecule has 0 aliphatic heterocycles.